The average molecular weight is 356 g/mol. The summed E-state index contributed by atoms with van der Waals surface area (Å²) in [6, 6.07) is 9.04. The van der Waals surface area contributed by atoms with Gasteiger partial charge in [0.2, 0.25) is 0 Å². The number of nitrogens with one attached hydrogen (secondary N) is 2. The van der Waals surface area contributed by atoms with E-state index < -0.39 is 0 Å². The van der Waals surface area contributed by atoms with Crippen LogP contribution in [0, 0.1) is 5.92 Å². The molecule has 2 heterocycles. The second-order valence-electron chi connectivity index (χ2n) is 5.63. The Balaban J connectivity index is 0.00000192. The molecule has 124 valence electrons. The molecule has 2 atom stereocenters. The molecular weight excluding hydrogens is 337 g/mol. The van der Waals surface area contributed by atoms with Crippen molar-refractivity contribution in [3.63, 3.8) is 0 Å². The zero-order valence-corrected chi connectivity index (χ0v) is 14.3. The van der Waals surface area contributed by atoms with E-state index >= 15 is 0 Å². The summed E-state index contributed by atoms with van der Waals surface area (Å²) in [6.45, 7) is 3.96. The van der Waals surface area contributed by atoms with Crippen LogP contribution in [0.4, 0.5) is 0 Å². The molecule has 1 aromatic heterocycles. The van der Waals surface area contributed by atoms with E-state index in [-0.39, 0.29) is 24.4 Å². The van der Waals surface area contributed by atoms with Crippen molar-refractivity contribution in [2.24, 2.45) is 5.92 Å². The largest absolute Gasteiger partial charge is 0.355 e. The SMILES string of the molecule is CC1CNCCC1NC(=O)c1cc(-c2ccc(Cl)cc2)on1.Cl. The molecule has 3 rings (SSSR count). The van der Waals surface area contributed by atoms with Crippen LogP contribution in [0.2, 0.25) is 5.02 Å². The number of hydrogen-bond acceptors (Lipinski definition) is 4. The third-order valence-electron chi connectivity index (χ3n) is 3.97. The van der Waals surface area contributed by atoms with Gasteiger partial charge in [-0.3, -0.25) is 4.79 Å². The maximum absolute atomic E-state index is 12.3. The van der Waals surface area contributed by atoms with Crippen molar-refractivity contribution < 1.29 is 9.32 Å². The third-order valence-corrected chi connectivity index (χ3v) is 4.23. The molecule has 23 heavy (non-hydrogen) atoms. The molecule has 1 amide bonds. The van der Waals surface area contributed by atoms with Crippen molar-refractivity contribution in [1.29, 1.82) is 0 Å². The Morgan fingerprint density at radius 3 is 2.83 bits per heavy atom. The Labute approximate surface area is 146 Å². The quantitative estimate of drug-likeness (QED) is 0.887. The molecule has 2 unspecified atom stereocenters. The minimum absolute atomic E-state index is 0. The Bertz CT molecular complexity index is 658. The number of nitrogens with zero attached hydrogens (tertiary/aromatic N) is 1. The Morgan fingerprint density at radius 1 is 1.39 bits per heavy atom. The Morgan fingerprint density at radius 2 is 2.13 bits per heavy atom. The molecule has 0 saturated carbocycles. The summed E-state index contributed by atoms with van der Waals surface area (Å²) >= 11 is 5.86. The lowest BCUT2D eigenvalue weighted by molar-refractivity contribution is 0.0905. The van der Waals surface area contributed by atoms with Crippen molar-refractivity contribution in [2.45, 2.75) is 19.4 Å². The lowest BCUT2D eigenvalue weighted by Gasteiger charge is -2.29. The number of carbonyl (C=O) groups is 1. The van der Waals surface area contributed by atoms with Crippen molar-refractivity contribution in [3.05, 3.63) is 41.0 Å². The van der Waals surface area contributed by atoms with Gasteiger partial charge in [-0.05, 0) is 49.7 Å². The zero-order chi connectivity index (χ0) is 15.5. The van der Waals surface area contributed by atoms with Crippen LogP contribution in [-0.2, 0) is 0 Å². The van der Waals surface area contributed by atoms with E-state index in [1.165, 1.54) is 0 Å². The molecule has 7 heteroatoms. The van der Waals surface area contributed by atoms with Crippen LogP contribution < -0.4 is 10.6 Å². The van der Waals surface area contributed by atoms with Crippen LogP contribution in [0.5, 0.6) is 0 Å². The highest BCUT2D eigenvalue weighted by atomic mass is 35.5. The standard InChI is InChI=1S/C16H18ClN3O2.ClH/c1-10-9-18-7-6-13(10)19-16(21)14-8-15(22-20-14)11-2-4-12(17)5-3-11;/h2-5,8,10,13,18H,6-7,9H2,1H3,(H,19,21);1H. The zero-order valence-electron chi connectivity index (χ0n) is 12.7. The lowest BCUT2D eigenvalue weighted by Crippen LogP contribution is -2.48. The number of amides is 1. The molecular formula is C16H19Cl2N3O2. The third kappa shape index (κ3) is 4.25. The second-order valence-corrected chi connectivity index (χ2v) is 6.07. The molecule has 1 saturated heterocycles. The van der Waals surface area contributed by atoms with Crippen molar-refractivity contribution in [1.82, 2.24) is 15.8 Å². The highest BCUT2D eigenvalue weighted by Gasteiger charge is 2.24. The number of halogens is 2. The summed E-state index contributed by atoms with van der Waals surface area (Å²) in [7, 11) is 0. The number of benzene rings is 1. The first kappa shape index (κ1) is 17.8. The van der Waals surface area contributed by atoms with Crippen LogP contribution in [0.1, 0.15) is 23.8 Å². The van der Waals surface area contributed by atoms with E-state index in [0.29, 0.717) is 22.4 Å². The fourth-order valence-corrected chi connectivity index (χ4v) is 2.73. The van der Waals surface area contributed by atoms with E-state index in [0.717, 1.165) is 25.1 Å². The molecule has 1 aliphatic rings. The van der Waals surface area contributed by atoms with Gasteiger partial charge in [0, 0.05) is 22.7 Å². The highest BCUT2D eigenvalue weighted by Crippen LogP contribution is 2.22. The topological polar surface area (TPSA) is 67.2 Å². The smallest absolute Gasteiger partial charge is 0.273 e. The van der Waals surface area contributed by atoms with Gasteiger partial charge in [-0.15, -0.1) is 12.4 Å². The molecule has 0 radical (unpaired) electrons. The number of rotatable bonds is 3. The van der Waals surface area contributed by atoms with Crippen LogP contribution in [-0.4, -0.2) is 30.2 Å². The number of carbonyl (C=O) groups excluding carboxylic acids is 1. The van der Waals surface area contributed by atoms with Crippen LogP contribution in [0.3, 0.4) is 0 Å². The van der Waals surface area contributed by atoms with Crippen molar-refractivity contribution in [3.8, 4) is 11.3 Å². The lowest BCUT2D eigenvalue weighted by atomic mass is 9.95. The highest BCUT2D eigenvalue weighted by molar-refractivity contribution is 6.30. The molecule has 1 fully saturated rings. The monoisotopic (exact) mass is 355 g/mol. The van der Waals surface area contributed by atoms with Gasteiger partial charge in [0.25, 0.3) is 5.91 Å². The molecule has 2 N–H and O–H groups in total. The van der Waals surface area contributed by atoms with E-state index in [9.17, 15) is 4.79 Å². The van der Waals surface area contributed by atoms with Crippen molar-refractivity contribution >= 4 is 29.9 Å². The van der Waals surface area contributed by atoms with Gasteiger partial charge in [-0.1, -0.05) is 23.7 Å². The summed E-state index contributed by atoms with van der Waals surface area (Å²) in [6.07, 6.45) is 0.925. The number of hydrogen-bond donors (Lipinski definition) is 2. The first-order chi connectivity index (χ1) is 10.6. The van der Waals surface area contributed by atoms with E-state index in [4.69, 9.17) is 16.1 Å². The number of aromatic nitrogens is 1. The van der Waals surface area contributed by atoms with Gasteiger partial charge in [0.05, 0.1) is 0 Å². The van der Waals surface area contributed by atoms with Gasteiger partial charge < -0.3 is 15.2 Å². The van der Waals surface area contributed by atoms with E-state index in [1.54, 1.807) is 18.2 Å². The normalized spacial score (nSPS) is 20.6. The number of piperidine rings is 1. The molecule has 2 aromatic rings. The molecule has 0 bridgehead atoms. The minimum atomic E-state index is -0.192. The van der Waals surface area contributed by atoms with E-state index in [1.807, 2.05) is 12.1 Å². The molecule has 1 aromatic carbocycles. The molecule has 0 spiro atoms. The summed E-state index contributed by atoms with van der Waals surface area (Å²) < 4.78 is 5.26. The van der Waals surface area contributed by atoms with Gasteiger partial charge in [-0.2, -0.15) is 0 Å². The predicted molar refractivity (Wildman–Crippen MR) is 92.1 cm³/mol. The second kappa shape index (κ2) is 7.81. The van der Waals surface area contributed by atoms with Crippen LogP contribution in [0.25, 0.3) is 11.3 Å². The van der Waals surface area contributed by atoms with Crippen molar-refractivity contribution in [2.75, 3.05) is 13.1 Å². The maximum Gasteiger partial charge on any atom is 0.273 e. The summed E-state index contributed by atoms with van der Waals surface area (Å²) in [4.78, 5) is 12.3. The first-order valence-corrected chi connectivity index (χ1v) is 7.75. The van der Waals surface area contributed by atoms with Gasteiger partial charge in [-0.25, -0.2) is 0 Å². The van der Waals surface area contributed by atoms with Gasteiger partial charge in [0.15, 0.2) is 11.5 Å². The Hall–Kier alpha value is -1.56. The molecule has 0 aliphatic carbocycles. The maximum atomic E-state index is 12.3. The summed E-state index contributed by atoms with van der Waals surface area (Å²) in [5, 5.41) is 10.9. The van der Waals surface area contributed by atoms with Crippen LogP contribution >= 0.6 is 24.0 Å². The molecule has 1 aliphatic heterocycles. The summed E-state index contributed by atoms with van der Waals surface area (Å²) in [5.41, 5.74) is 1.14. The fraction of sp³-hybridized carbons (Fsp3) is 0.375. The fourth-order valence-electron chi connectivity index (χ4n) is 2.60. The summed E-state index contributed by atoms with van der Waals surface area (Å²) in [5.74, 6) is 0.767. The Kier molecular flexibility index (Phi) is 6.04. The van der Waals surface area contributed by atoms with Crippen LogP contribution in [0.15, 0.2) is 34.9 Å². The van der Waals surface area contributed by atoms with Gasteiger partial charge in [0.1, 0.15) is 0 Å². The predicted octanol–water partition coefficient (Wildman–Crippen LogP) is 3.14. The average Bonchev–Trinajstić information content (AvgIpc) is 3.00. The van der Waals surface area contributed by atoms with E-state index in [2.05, 4.69) is 22.7 Å². The van der Waals surface area contributed by atoms with Gasteiger partial charge >= 0.3 is 0 Å². The molecule has 5 nitrogen and oxygen atoms in total. The first-order valence-electron chi connectivity index (χ1n) is 7.38. The minimum Gasteiger partial charge on any atom is -0.355 e.